The van der Waals surface area contributed by atoms with Crippen LogP contribution in [0.25, 0.3) is 107 Å². The Balaban J connectivity index is 1.23. The van der Waals surface area contributed by atoms with E-state index in [9.17, 15) is 0 Å². The van der Waals surface area contributed by atoms with E-state index in [1.165, 1.54) is 107 Å². The molecule has 9 aromatic carbocycles. The average Bonchev–Trinajstić information content (AvgIpc) is 3.88. The molecule has 0 aliphatic carbocycles. The van der Waals surface area contributed by atoms with Gasteiger partial charge in [0.2, 0.25) is 0 Å². The van der Waals surface area contributed by atoms with E-state index in [2.05, 4.69) is 181 Å². The first kappa shape index (κ1) is 29.9. The minimum absolute atomic E-state index is 0.225. The molecule has 2 heterocycles. The molecule has 242 valence electrons. The van der Waals surface area contributed by atoms with E-state index in [0.29, 0.717) is 0 Å². The second kappa shape index (κ2) is 11.9. The van der Waals surface area contributed by atoms with Crippen molar-refractivity contribution in [2.24, 2.45) is 0 Å². The first-order chi connectivity index (χ1) is 25.8. The fourth-order valence-electron chi connectivity index (χ4n) is 8.68. The zero-order valence-electron chi connectivity index (χ0n) is 28.1. The van der Waals surface area contributed by atoms with Crippen LogP contribution in [0, 0.1) is 0 Å². The Morgan fingerprint density at radius 1 is 0.327 bits per heavy atom. The van der Waals surface area contributed by atoms with Crippen LogP contribution in [0.3, 0.4) is 0 Å². The third kappa shape index (κ3) is 4.46. The quantitative estimate of drug-likeness (QED) is 0.124. The molecule has 0 aliphatic heterocycles. The topological polar surface area (TPSA) is 0 Å². The van der Waals surface area contributed by atoms with Gasteiger partial charge in [-0.25, -0.2) is 0 Å². The predicted octanol–water partition coefficient (Wildman–Crippen LogP) is 14.4. The number of thiophene rings is 1. The summed E-state index contributed by atoms with van der Waals surface area (Å²) in [6.07, 6.45) is 0. The monoisotopic (exact) mass is 742 g/mol. The molecule has 2 aromatic heterocycles. The first-order valence-corrected chi connectivity index (χ1v) is 20.4. The molecule has 0 spiro atoms. The van der Waals surface area contributed by atoms with E-state index in [1.807, 2.05) is 0 Å². The van der Waals surface area contributed by atoms with Gasteiger partial charge >= 0.3 is 313 Å². The Labute approximate surface area is 311 Å². The van der Waals surface area contributed by atoms with Crippen LogP contribution in [0.2, 0.25) is 0 Å². The fraction of sp³-hybridized carbons (Fsp3) is 0. The molecule has 0 saturated heterocycles. The minimum atomic E-state index is 0.225. The number of hydrogen-bond acceptors (Lipinski definition) is 1. The predicted molar refractivity (Wildman–Crippen MR) is 228 cm³/mol. The normalized spacial score (nSPS) is 11.8. The molecule has 0 atom stereocenters. The third-order valence-electron chi connectivity index (χ3n) is 10.8. The van der Waals surface area contributed by atoms with Crippen molar-refractivity contribution in [2.75, 3.05) is 0 Å². The summed E-state index contributed by atoms with van der Waals surface area (Å²) in [5.74, 6) is 0. The molecule has 0 aliphatic rings. The van der Waals surface area contributed by atoms with Gasteiger partial charge in [0.05, 0.1) is 0 Å². The summed E-state index contributed by atoms with van der Waals surface area (Å²) < 4.78 is 2.91. The van der Waals surface area contributed by atoms with Crippen LogP contribution in [0.4, 0.5) is 0 Å². The molecule has 0 amide bonds. The molecule has 52 heavy (non-hydrogen) atoms. The van der Waals surface area contributed by atoms with Gasteiger partial charge in [-0.1, -0.05) is 0 Å². The Morgan fingerprint density at radius 2 is 0.827 bits per heavy atom. The molecule has 0 nitrogen and oxygen atoms in total. The summed E-state index contributed by atoms with van der Waals surface area (Å²) in [6, 6.07) is 63.5. The van der Waals surface area contributed by atoms with Gasteiger partial charge in [-0.2, -0.15) is 0 Å². The Morgan fingerprint density at radius 3 is 1.37 bits per heavy atom. The van der Waals surface area contributed by atoms with Crippen LogP contribution in [0.15, 0.2) is 181 Å². The van der Waals surface area contributed by atoms with Crippen LogP contribution < -0.4 is 0 Å². The third-order valence-corrected chi connectivity index (χ3v) is 13.9. The molecule has 11 aromatic rings. The maximum atomic E-state index is 2.51. The first-order valence-electron chi connectivity index (χ1n) is 17.7. The van der Waals surface area contributed by atoms with E-state index in [-0.39, 0.29) is 14.5 Å². The van der Waals surface area contributed by atoms with E-state index < -0.39 is 0 Å². The van der Waals surface area contributed by atoms with Gasteiger partial charge in [-0.05, 0) is 0 Å². The number of rotatable bonds is 4. The van der Waals surface area contributed by atoms with Gasteiger partial charge in [0, 0.05) is 0 Å². The van der Waals surface area contributed by atoms with Crippen LogP contribution in [-0.4, -0.2) is 14.5 Å². The molecule has 0 fully saturated rings. The van der Waals surface area contributed by atoms with Gasteiger partial charge in [0.1, 0.15) is 0 Å². The van der Waals surface area contributed by atoms with Crippen LogP contribution >= 0.6 is 11.3 Å². The second-order valence-corrected chi connectivity index (χ2v) is 16.6. The summed E-state index contributed by atoms with van der Waals surface area (Å²) in [4.78, 5) is 0. The van der Waals surface area contributed by atoms with Crippen molar-refractivity contribution in [1.29, 1.82) is 0 Å². The molecule has 11 rings (SSSR count). The Hall–Kier alpha value is -5.76. The zero-order valence-corrected chi connectivity index (χ0v) is 30.7. The van der Waals surface area contributed by atoms with Crippen molar-refractivity contribution >= 4 is 88.2 Å². The van der Waals surface area contributed by atoms with Crippen LogP contribution in [-0.2, 0) is 0 Å². The van der Waals surface area contributed by atoms with Gasteiger partial charge in [-0.15, -0.1) is 0 Å². The van der Waals surface area contributed by atoms with Crippen molar-refractivity contribution in [3.05, 3.63) is 181 Å². The van der Waals surface area contributed by atoms with Crippen molar-refractivity contribution in [3.8, 4) is 44.5 Å². The van der Waals surface area contributed by atoms with Crippen molar-refractivity contribution in [3.63, 3.8) is 0 Å². The van der Waals surface area contributed by atoms with Gasteiger partial charge in [0.25, 0.3) is 0 Å². The molecule has 0 saturated carbocycles. The Bertz CT molecular complexity index is 3050. The molecular weight excluding hydrogens is 712 g/mol. The molecular formula is C50H30SSe. The Kier molecular flexibility index (Phi) is 6.85. The molecule has 2 heteroatoms. The van der Waals surface area contributed by atoms with Crippen molar-refractivity contribution < 1.29 is 0 Å². The van der Waals surface area contributed by atoms with E-state index in [0.717, 1.165) is 0 Å². The van der Waals surface area contributed by atoms with Crippen molar-refractivity contribution in [1.82, 2.24) is 0 Å². The molecule has 0 radical (unpaired) electrons. The zero-order chi connectivity index (χ0) is 34.2. The number of hydrogen-bond donors (Lipinski definition) is 0. The molecule has 0 N–H and O–H groups in total. The van der Waals surface area contributed by atoms with Crippen LogP contribution in [0.5, 0.6) is 0 Å². The van der Waals surface area contributed by atoms with Crippen LogP contribution in [0.1, 0.15) is 0 Å². The fourth-order valence-corrected chi connectivity index (χ4v) is 11.7. The van der Waals surface area contributed by atoms with Gasteiger partial charge < -0.3 is 0 Å². The van der Waals surface area contributed by atoms with E-state index in [4.69, 9.17) is 0 Å². The number of fused-ring (bicyclic) bond motifs is 7. The van der Waals surface area contributed by atoms with Gasteiger partial charge in [0.15, 0.2) is 0 Å². The summed E-state index contributed by atoms with van der Waals surface area (Å²) >= 11 is 1.99. The summed E-state index contributed by atoms with van der Waals surface area (Å²) in [7, 11) is 0. The summed E-state index contributed by atoms with van der Waals surface area (Å²) in [5.41, 5.74) is 10.4. The maximum absolute atomic E-state index is 2.51. The standard InChI is InChI=1S/C50H30SSe/c1-2-13-31(14-3-1)46-34-15-4-6-17-36(34)47(37-18-7-5-16-35(37)46)32-25-26-44-43(29-32)50-42(23-12-24-45(50)52-44)49-40-21-10-8-19-38(40)48(33-27-28-51-30-33)39-20-9-11-22-41(39)49/h1-30H. The SMILES string of the molecule is c1ccc(-c2c3ccccc3c(-c3ccc4[se]c5cccc(-c6c7ccccc7c(-c7ccsc7)c7ccccc67)c5c4c3)c3ccccc23)cc1. The second-order valence-electron chi connectivity index (χ2n) is 13.6. The number of benzene rings is 9. The van der Waals surface area contributed by atoms with E-state index >= 15 is 0 Å². The molecule has 0 unspecified atom stereocenters. The summed E-state index contributed by atoms with van der Waals surface area (Å²) in [5, 5.41) is 17.6. The average molecular weight is 742 g/mol. The van der Waals surface area contributed by atoms with Gasteiger partial charge in [-0.3, -0.25) is 0 Å². The van der Waals surface area contributed by atoms with Crippen molar-refractivity contribution in [2.45, 2.75) is 0 Å². The molecule has 0 bridgehead atoms. The van der Waals surface area contributed by atoms with E-state index in [1.54, 1.807) is 11.3 Å². The summed E-state index contributed by atoms with van der Waals surface area (Å²) in [6.45, 7) is 0.